The number of aryl methyl sites for hydroxylation is 1. The van der Waals surface area contributed by atoms with E-state index in [1.165, 1.54) is 5.56 Å². The average molecular weight is 315 g/mol. The summed E-state index contributed by atoms with van der Waals surface area (Å²) in [4.78, 5) is 0. The predicted molar refractivity (Wildman–Crippen MR) is 93.6 cm³/mol. The Labute approximate surface area is 138 Å². The average Bonchev–Trinajstić information content (AvgIpc) is 2.60. The Morgan fingerprint density at radius 3 is 2.39 bits per heavy atom. The first-order chi connectivity index (χ1) is 11.3. The van der Waals surface area contributed by atoms with Crippen molar-refractivity contribution in [2.24, 2.45) is 0 Å². The van der Waals surface area contributed by atoms with E-state index in [1.54, 1.807) is 7.11 Å². The quantitative estimate of drug-likeness (QED) is 0.678. The van der Waals surface area contributed by atoms with Crippen LogP contribution in [0.25, 0.3) is 0 Å². The van der Waals surface area contributed by atoms with E-state index in [1.807, 2.05) is 36.4 Å². The molecule has 0 radical (unpaired) electrons. The molecule has 0 atom stereocenters. The summed E-state index contributed by atoms with van der Waals surface area (Å²) in [6.45, 7) is 4.63. The van der Waals surface area contributed by atoms with Crippen LogP contribution in [0.3, 0.4) is 0 Å². The van der Waals surface area contributed by atoms with Crippen molar-refractivity contribution in [2.45, 2.75) is 13.3 Å². The molecule has 0 spiro atoms. The first-order valence-electron chi connectivity index (χ1n) is 7.99. The Hall–Kier alpha value is -2.20. The van der Waals surface area contributed by atoms with Crippen molar-refractivity contribution in [2.75, 3.05) is 38.8 Å². The first kappa shape index (κ1) is 17.2. The molecule has 2 aromatic carbocycles. The highest BCUT2D eigenvalue weighted by Gasteiger charge is 1.98. The molecule has 2 aromatic rings. The second-order valence-corrected chi connectivity index (χ2v) is 5.14. The maximum absolute atomic E-state index is 5.73. The Bertz CT molecular complexity index is 569. The third-order valence-electron chi connectivity index (χ3n) is 3.42. The van der Waals surface area contributed by atoms with Crippen LogP contribution >= 0.6 is 0 Å². The molecule has 0 amide bonds. The molecule has 0 heterocycles. The van der Waals surface area contributed by atoms with Gasteiger partial charge in [-0.1, -0.05) is 25.1 Å². The lowest BCUT2D eigenvalue weighted by Crippen LogP contribution is -2.11. The smallest absolute Gasteiger partial charge is 0.121 e. The third-order valence-corrected chi connectivity index (χ3v) is 3.42. The second-order valence-electron chi connectivity index (χ2n) is 5.14. The van der Waals surface area contributed by atoms with Crippen molar-refractivity contribution in [3.63, 3.8) is 0 Å². The summed E-state index contributed by atoms with van der Waals surface area (Å²) in [6.07, 6.45) is 1.05. The molecule has 0 saturated carbocycles. The van der Waals surface area contributed by atoms with Crippen LogP contribution < -0.4 is 14.8 Å². The zero-order chi connectivity index (χ0) is 16.3. The van der Waals surface area contributed by atoms with Gasteiger partial charge in [0.1, 0.15) is 24.7 Å². The summed E-state index contributed by atoms with van der Waals surface area (Å²) >= 11 is 0. The van der Waals surface area contributed by atoms with Crippen LogP contribution in [0.5, 0.6) is 11.5 Å². The molecule has 0 aromatic heterocycles. The largest absolute Gasteiger partial charge is 0.492 e. The molecular weight excluding hydrogens is 290 g/mol. The van der Waals surface area contributed by atoms with Gasteiger partial charge in [0.2, 0.25) is 0 Å². The van der Waals surface area contributed by atoms with Crippen molar-refractivity contribution < 1.29 is 14.2 Å². The highest BCUT2D eigenvalue weighted by molar-refractivity contribution is 5.48. The number of nitrogens with one attached hydrogen (secondary N) is 1. The van der Waals surface area contributed by atoms with E-state index in [9.17, 15) is 0 Å². The van der Waals surface area contributed by atoms with Gasteiger partial charge in [-0.25, -0.2) is 0 Å². The molecule has 1 N–H and O–H groups in total. The summed E-state index contributed by atoms with van der Waals surface area (Å²) in [7, 11) is 1.66. The fourth-order valence-electron chi connectivity index (χ4n) is 2.12. The third kappa shape index (κ3) is 6.20. The molecule has 0 fully saturated rings. The van der Waals surface area contributed by atoms with Crippen molar-refractivity contribution in [3.8, 4) is 11.5 Å². The Morgan fingerprint density at radius 2 is 1.65 bits per heavy atom. The van der Waals surface area contributed by atoms with E-state index < -0.39 is 0 Å². The highest BCUT2D eigenvalue weighted by atomic mass is 16.5. The van der Waals surface area contributed by atoms with Crippen LogP contribution in [-0.2, 0) is 11.2 Å². The van der Waals surface area contributed by atoms with E-state index >= 15 is 0 Å². The number of rotatable bonds is 10. The normalized spacial score (nSPS) is 10.3. The molecule has 0 unspecified atom stereocenters. The van der Waals surface area contributed by atoms with E-state index in [4.69, 9.17) is 14.2 Å². The lowest BCUT2D eigenvalue weighted by atomic mass is 10.2. The number of anilines is 1. The monoisotopic (exact) mass is 315 g/mol. The molecule has 0 aliphatic rings. The topological polar surface area (TPSA) is 39.7 Å². The van der Waals surface area contributed by atoms with Gasteiger partial charge in [0.15, 0.2) is 0 Å². The Morgan fingerprint density at radius 1 is 0.870 bits per heavy atom. The standard InChI is InChI=1S/C19H25NO3/c1-3-16-7-9-18(10-8-16)22-12-11-20-17-5-4-6-19(15-17)23-14-13-21-2/h4-10,15,20H,3,11-14H2,1-2H3. The minimum Gasteiger partial charge on any atom is -0.492 e. The van der Waals surface area contributed by atoms with Crippen molar-refractivity contribution in [1.82, 2.24) is 0 Å². The lowest BCUT2D eigenvalue weighted by Gasteiger charge is -2.11. The van der Waals surface area contributed by atoms with E-state index in [-0.39, 0.29) is 0 Å². The van der Waals surface area contributed by atoms with Crippen LogP contribution in [-0.4, -0.2) is 33.5 Å². The number of hydrogen-bond acceptors (Lipinski definition) is 4. The Kier molecular flexibility index (Phi) is 7.27. The van der Waals surface area contributed by atoms with E-state index in [0.717, 1.165) is 30.2 Å². The van der Waals surface area contributed by atoms with Crippen LogP contribution in [0.2, 0.25) is 0 Å². The molecule has 4 heteroatoms. The number of benzene rings is 2. The van der Waals surface area contributed by atoms with Crippen LogP contribution in [0, 0.1) is 0 Å². The van der Waals surface area contributed by atoms with Gasteiger partial charge in [0.25, 0.3) is 0 Å². The van der Waals surface area contributed by atoms with Gasteiger partial charge in [0, 0.05) is 25.4 Å². The van der Waals surface area contributed by atoms with Gasteiger partial charge in [-0.05, 0) is 36.2 Å². The minimum atomic E-state index is 0.552. The van der Waals surface area contributed by atoms with Crippen LogP contribution in [0.15, 0.2) is 48.5 Å². The molecular formula is C19H25NO3. The molecule has 0 aliphatic carbocycles. The molecule has 2 rings (SSSR count). The van der Waals surface area contributed by atoms with E-state index in [0.29, 0.717) is 19.8 Å². The molecule has 0 bridgehead atoms. The molecule has 0 aliphatic heterocycles. The summed E-state index contributed by atoms with van der Waals surface area (Å²) in [5.74, 6) is 1.74. The van der Waals surface area contributed by atoms with Crippen LogP contribution in [0.4, 0.5) is 5.69 Å². The maximum atomic E-state index is 5.73. The van der Waals surface area contributed by atoms with Gasteiger partial charge < -0.3 is 19.5 Å². The molecule has 4 nitrogen and oxygen atoms in total. The summed E-state index contributed by atoms with van der Waals surface area (Å²) in [5.41, 5.74) is 2.34. The summed E-state index contributed by atoms with van der Waals surface area (Å²) < 4.78 is 16.3. The van der Waals surface area contributed by atoms with Crippen molar-refractivity contribution >= 4 is 5.69 Å². The first-order valence-corrected chi connectivity index (χ1v) is 7.99. The molecule has 0 saturated heterocycles. The number of methoxy groups -OCH3 is 1. The van der Waals surface area contributed by atoms with Gasteiger partial charge in [-0.3, -0.25) is 0 Å². The van der Waals surface area contributed by atoms with Gasteiger partial charge in [-0.2, -0.15) is 0 Å². The lowest BCUT2D eigenvalue weighted by molar-refractivity contribution is 0.146. The predicted octanol–water partition coefficient (Wildman–Crippen LogP) is 3.77. The molecule has 23 heavy (non-hydrogen) atoms. The fraction of sp³-hybridized carbons (Fsp3) is 0.368. The van der Waals surface area contributed by atoms with Gasteiger partial charge in [0.05, 0.1) is 6.61 Å². The minimum absolute atomic E-state index is 0.552. The Balaban J connectivity index is 1.71. The summed E-state index contributed by atoms with van der Waals surface area (Å²) in [6, 6.07) is 16.1. The maximum Gasteiger partial charge on any atom is 0.121 e. The summed E-state index contributed by atoms with van der Waals surface area (Å²) in [5, 5.41) is 3.33. The van der Waals surface area contributed by atoms with Gasteiger partial charge >= 0.3 is 0 Å². The zero-order valence-corrected chi connectivity index (χ0v) is 13.9. The SMILES string of the molecule is CCc1ccc(OCCNc2cccc(OCCOC)c2)cc1. The highest BCUT2D eigenvalue weighted by Crippen LogP contribution is 2.17. The zero-order valence-electron chi connectivity index (χ0n) is 13.9. The number of ether oxygens (including phenoxy) is 3. The van der Waals surface area contributed by atoms with Crippen molar-refractivity contribution in [1.29, 1.82) is 0 Å². The van der Waals surface area contributed by atoms with Gasteiger partial charge in [-0.15, -0.1) is 0 Å². The fourth-order valence-corrected chi connectivity index (χ4v) is 2.12. The second kappa shape index (κ2) is 9.74. The van der Waals surface area contributed by atoms with Crippen molar-refractivity contribution in [3.05, 3.63) is 54.1 Å². The molecule has 124 valence electrons. The van der Waals surface area contributed by atoms with Crippen LogP contribution in [0.1, 0.15) is 12.5 Å². The van der Waals surface area contributed by atoms with E-state index in [2.05, 4.69) is 24.4 Å². The number of hydrogen-bond donors (Lipinski definition) is 1.